The number of fused-ring (bicyclic) bond motifs is 7. The number of carboxylic acids is 1. The van der Waals surface area contributed by atoms with Crippen LogP contribution >= 0.6 is 0 Å². The van der Waals surface area contributed by atoms with Gasteiger partial charge in [0.2, 0.25) is 0 Å². The number of aliphatic hydroxyl groups excluding tert-OH is 3. The Kier molecular flexibility index (Phi) is 7.62. The number of rotatable bonds is 3. The number of aliphatic hydroxyl groups is 3. The van der Waals surface area contributed by atoms with Crippen LogP contribution in [0.2, 0.25) is 0 Å². The van der Waals surface area contributed by atoms with Crippen LogP contribution in [0.15, 0.2) is 11.6 Å². The molecule has 0 aromatic heterocycles. The lowest BCUT2D eigenvalue weighted by Crippen LogP contribution is -2.66. The molecular formula is C36H58O7. The Morgan fingerprint density at radius 1 is 0.860 bits per heavy atom. The van der Waals surface area contributed by atoms with Crippen molar-refractivity contribution in [1.29, 1.82) is 0 Å². The van der Waals surface area contributed by atoms with Crippen LogP contribution in [0, 0.1) is 56.7 Å². The van der Waals surface area contributed by atoms with E-state index in [4.69, 9.17) is 9.47 Å². The molecule has 4 N–H and O–H groups in total. The summed E-state index contributed by atoms with van der Waals surface area (Å²) in [4.78, 5) is 13.0. The quantitative estimate of drug-likeness (QED) is 0.233. The molecule has 0 bridgehead atoms. The number of hydrogen-bond donors (Lipinski definition) is 4. The third-order valence-electron chi connectivity index (χ3n) is 15.5. The number of carbonyl (C=O) groups is 1. The van der Waals surface area contributed by atoms with E-state index in [9.17, 15) is 25.2 Å². The first-order valence-electron chi connectivity index (χ1n) is 17.2. The summed E-state index contributed by atoms with van der Waals surface area (Å²) in [5.41, 5.74) is 0.856. The van der Waals surface area contributed by atoms with Crippen molar-refractivity contribution in [2.45, 2.75) is 150 Å². The molecule has 6 aliphatic rings. The lowest BCUT2D eigenvalue weighted by atomic mass is 9.33. The summed E-state index contributed by atoms with van der Waals surface area (Å²) in [5, 5.41) is 41.9. The largest absolute Gasteiger partial charge is 0.481 e. The molecule has 4 saturated carbocycles. The van der Waals surface area contributed by atoms with Crippen molar-refractivity contribution in [1.82, 2.24) is 0 Å². The molecule has 1 saturated heterocycles. The van der Waals surface area contributed by atoms with E-state index in [0.29, 0.717) is 23.7 Å². The summed E-state index contributed by atoms with van der Waals surface area (Å²) < 4.78 is 12.4. The van der Waals surface area contributed by atoms with Crippen LogP contribution in [0.3, 0.4) is 0 Å². The van der Waals surface area contributed by atoms with Gasteiger partial charge in [-0.05, 0) is 116 Å². The maximum Gasteiger partial charge on any atom is 0.310 e. The van der Waals surface area contributed by atoms with Crippen molar-refractivity contribution in [3.63, 3.8) is 0 Å². The van der Waals surface area contributed by atoms with Crippen LogP contribution < -0.4 is 0 Å². The van der Waals surface area contributed by atoms with Crippen LogP contribution in [0.1, 0.15) is 113 Å². The van der Waals surface area contributed by atoms with Crippen LogP contribution in [-0.2, 0) is 14.3 Å². The van der Waals surface area contributed by atoms with E-state index in [-0.39, 0.29) is 33.7 Å². The number of ether oxygens (including phenoxy) is 2. The fourth-order valence-electron chi connectivity index (χ4n) is 12.4. The van der Waals surface area contributed by atoms with Gasteiger partial charge >= 0.3 is 5.97 Å². The topological polar surface area (TPSA) is 116 Å². The second-order valence-electron chi connectivity index (χ2n) is 17.3. The zero-order chi connectivity index (χ0) is 31.5. The molecule has 0 unspecified atom stereocenters. The van der Waals surface area contributed by atoms with Crippen molar-refractivity contribution >= 4 is 5.97 Å². The maximum atomic E-state index is 13.0. The molecule has 6 rings (SSSR count). The second kappa shape index (κ2) is 10.3. The van der Waals surface area contributed by atoms with Gasteiger partial charge in [-0.15, -0.1) is 0 Å². The number of allylic oxidation sites excluding steroid dienone is 2. The Morgan fingerprint density at radius 3 is 2.23 bits per heavy atom. The summed E-state index contributed by atoms with van der Waals surface area (Å²) in [6, 6.07) is 0. The summed E-state index contributed by atoms with van der Waals surface area (Å²) >= 11 is 0. The summed E-state index contributed by atoms with van der Waals surface area (Å²) in [7, 11) is 0. The average Bonchev–Trinajstić information content (AvgIpc) is 2.94. The third-order valence-corrected chi connectivity index (χ3v) is 15.5. The van der Waals surface area contributed by atoms with Gasteiger partial charge in [-0.25, -0.2) is 0 Å². The number of carboxylic acid groups (broad SMARTS) is 1. The van der Waals surface area contributed by atoms with Crippen LogP contribution in [0.25, 0.3) is 0 Å². The lowest BCUT2D eigenvalue weighted by molar-refractivity contribution is -0.324. The van der Waals surface area contributed by atoms with Crippen LogP contribution in [0.5, 0.6) is 0 Å². The molecule has 0 amide bonds. The van der Waals surface area contributed by atoms with Gasteiger partial charge in [-0.2, -0.15) is 0 Å². The number of hydrogen-bond acceptors (Lipinski definition) is 6. The van der Waals surface area contributed by atoms with Gasteiger partial charge in [-0.1, -0.05) is 60.1 Å². The van der Waals surface area contributed by atoms with Gasteiger partial charge in [0, 0.05) is 0 Å². The van der Waals surface area contributed by atoms with Gasteiger partial charge in [-0.3, -0.25) is 4.79 Å². The predicted octanol–water partition coefficient (Wildman–Crippen LogP) is 5.94. The van der Waals surface area contributed by atoms with Crippen LogP contribution in [0.4, 0.5) is 0 Å². The molecule has 7 heteroatoms. The van der Waals surface area contributed by atoms with Crippen molar-refractivity contribution in [2.24, 2.45) is 56.7 Å². The molecule has 0 radical (unpaired) electrons. The third kappa shape index (κ3) is 4.19. The van der Waals surface area contributed by atoms with E-state index in [1.54, 1.807) is 6.92 Å². The van der Waals surface area contributed by atoms with Gasteiger partial charge in [0.25, 0.3) is 0 Å². The molecule has 244 valence electrons. The molecule has 15 atom stereocenters. The molecule has 0 aromatic rings. The van der Waals surface area contributed by atoms with E-state index in [0.717, 1.165) is 57.8 Å². The minimum absolute atomic E-state index is 0.0104. The average molecular weight is 603 g/mol. The summed E-state index contributed by atoms with van der Waals surface area (Å²) in [6.07, 6.45) is 5.71. The van der Waals surface area contributed by atoms with Crippen molar-refractivity contribution in [3.05, 3.63) is 11.6 Å². The molecule has 1 heterocycles. The molecular weight excluding hydrogens is 544 g/mol. The predicted molar refractivity (Wildman–Crippen MR) is 164 cm³/mol. The standard InChI is InChI=1S/C36H58O7/c1-19-11-16-36(31(40)41)18-17-34(7)22(26(36)20(19)2)9-10-24-33(6)14-13-25(32(4,5)23(33)12-15-35(24,34)8)43-30-29(39)28(38)27(37)21(3)42-30/h9,19-21,23-30,37-39H,10-18H2,1-8H3,(H,40,41)/t19-,20+,21+,23+,24-,25+,26+,27+,28-,29-,30+,33+,34-,35-,36+/m1/s1. The minimum atomic E-state index is -1.30. The summed E-state index contributed by atoms with van der Waals surface area (Å²) in [5.74, 6) is 1.36. The number of aliphatic carboxylic acids is 1. The van der Waals surface area contributed by atoms with E-state index in [1.165, 1.54) is 5.57 Å². The highest BCUT2D eigenvalue weighted by Gasteiger charge is 2.69. The SMILES string of the molecule is C[C@H]1[C@H](C)CC[C@]2(C(=O)O)CC[C@]3(C)C(=CC[C@@H]4[C@@]5(C)CC[C@H](O[C@@H]6O[C@@H](C)[C@H](O)[C@@H](O)[C@H]6O)C(C)(C)[C@@H]5CC[C@]43C)[C@H]12. The minimum Gasteiger partial charge on any atom is -0.481 e. The first kappa shape index (κ1) is 32.0. The highest BCUT2D eigenvalue weighted by atomic mass is 16.7. The normalized spacial score (nSPS) is 56.1. The maximum absolute atomic E-state index is 13.0. The van der Waals surface area contributed by atoms with E-state index in [2.05, 4.69) is 54.5 Å². The zero-order valence-electron chi connectivity index (χ0n) is 27.8. The van der Waals surface area contributed by atoms with Crippen LogP contribution in [-0.4, -0.2) is 63.2 Å². The van der Waals surface area contributed by atoms with Gasteiger partial charge in [0.05, 0.1) is 17.6 Å². The first-order chi connectivity index (χ1) is 20.0. The Labute approximate surface area is 258 Å². The Hall–Kier alpha value is -0.990. The smallest absolute Gasteiger partial charge is 0.310 e. The van der Waals surface area contributed by atoms with E-state index in [1.807, 2.05) is 0 Å². The Morgan fingerprint density at radius 2 is 1.56 bits per heavy atom. The lowest BCUT2D eigenvalue weighted by Gasteiger charge is -2.71. The molecule has 1 aliphatic heterocycles. The van der Waals surface area contributed by atoms with Crippen molar-refractivity contribution in [2.75, 3.05) is 0 Å². The van der Waals surface area contributed by atoms with E-state index < -0.39 is 42.1 Å². The van der Waals surface area contributed by atoms with Gasteiger partial charge < -0.3 is 29.9 Å². The van der Waals surface area contributed by atoms with E-state index >= 15 is 0 Å². The highest BCUT2D eigenvalue weighted by molar-refractivity contribution is 5.76. The molecule has 43 heavy (non-hydrogen) atoms. The molecule has 0 spiro atoms. The molecule has 0 aromatic carbocycles. The molecule has 5 aliphatic carbocycles. The Balaban J connectivity index is 1.30. The fourth-order valence-corrected chi connectivity index (χ4v) is 12.4. The molecule has 7 nitrogen and oxygen atoms in total. The van der Waals surface area contributed by atoms with Crippen molar-refractivity contribution < 1.29 is 34.7 Å². The van der Waals surface area contributed by atoms with Gasteiger partial charge in [0.1, 0.15) is 18.3 Å². The van der Waals surface area contributed by atoms with Gasteiger partial charge in [0.15, 0.2) is 6.29 Å². The molecule has 5 fully saturated rings. The second-order valence-corrected chi connectivity index (χ2v) is 17.3. The first-order valence-corrected chi connectivity index (χ1v) is 17.2. The Bertz CT molecular complexity index is 1150. The summed E-state index contributed by atoms with van der Waals surface area (Å²) in [6.45, 7) is 18.5. The monoisotopic (exact) mass is 602 g/mol. The highest BCUT2D eigenvalue weighted by Crippen LogP contribution is 2.76. The van der Waals surface area contributed by atoms with Crippen molar-refractivity contribution in [3.8, 4) is 0 Å². The fraction of sp³-hybridized carbons (Fsp3) is 0.917. The zero-order valence-corrected chi connectivity index (χ0v) is 27.8.